The second kappa shape index (κ2) is 6.96. The Labute approximate surface area is 113 Å². The van der Waals surface area contributed by atoms with Gasteiger partial charge in [-0.1, -0.05) is 6.92 Å². The van der Waals surface area contributed by atoms with Gasteiger partial charge in [-0.2, -0.15) is 0 Å². The summed E-state index contributed by atoms with van der Waals surface area (Å²) in [6.45, 7) is 3.39. The van der Waals surface area contributed by atoms with Gasteiger partial charge in [0.25, 0.3) is 0 Å². The summed E-state index contributed by atoms with van der Waals surface area (Å²) >= 11 is 0. The quantitative estimate of drug-likeness (QED) is 0.884. The zero-order chi connectivity index (χ0) is 13.7. The predicted molar refractivity (Wildman–Crippen MR) is 70.9 cm³/mol. The number of ether oxygens (including phenoxy) is 1. The summed E-state index contributed by atoms with van der Waals surface area (Å²) in [6, 6.07) is 4.13. The summed E-state index contributed by atoms with van der Waals surface area (Å²) < 4.78 is 31.8. The van der Waals surface area contributed by atoms with E-state index in [1.165, 1.54) is 12.1 Å². The molecule has 1 N–H and O–H groups in total. The molecule has 1 fully saturated rings. The van der Waals surface area contributed by atoms with Gasteiger partial charge in [0.2, 0.25) is 0 Å². The molecule has 0 bridgehead atoms. The van der Waals surface area contributed by atoms with Gasteiger partial charge in [0.05, 0.1) is 12.7 Å². The third kappa shape index (κ3) is 4.55. The van der Waals surface area contributed by atoms with Crippen LogP contribution in [0.3, 0.4) is 0 Å². The van der Waals surface area contributed by atoms with Crippen LogP contribution in [0.5, 0.6) is 0 Å². The third-order valence-corrected chi connectivity index (χ3v) is 3.58. The fourth-order valence-electron chi connectivity index (χ4n) is 2.63. The molecule has 4 heteroatoms. The second-order valence-corrected chi connectivity index (χ2v) is 5.12. The number of benzene rings is 1. The van der Waals surface area contributed by atoms with Gasteiger partial charge in [-0.05, 0) is 49.9 Å². The molecule has 19 heavy (non-hydrogen) atoms. The average Bonchev–Trinajstić information content (AvgIpc) is 2.37. The van der Waals surface area contributed by atoms with Crippen molar-refractivity contribution in [1.29, 1.82) is 0 Å². The monoisotopic (exact) mass is 269 g/mol. The van der Waals surface area contributed by atoms with Gasteiger partial charge < -0.3 is 10.1 Å². The van der Waals surface area contributed by atoms with E-state index in [0.717, 1.165) is 38.3 Å². The SMILES string of the molecule is CCNC1CCC(OCc2cc(F)cc(F)c2)CC1. The maximum absolute atomic E-state index is 13.0. The average molecular weight is 269 g/mol. The van der Waals surface area contributed by atoms with Crippen LogP contribution in [0, 0.1) is 11.6 Å². The van der Waals surface area contributed by atoms with E-state index in [0.29, 0.717) is 11.6 Å². The molecule has 0 aromatic heterocycles. The fraction of sp³-hybridized carbons (Fsp3) is 0.600. The van der Waals surface area contributed by atoms with Gasteiger partial charge in [0.15, 0.2) is 0 Å². The van der Waals surface area contributed by atoms with E-state index in [2.05, 4.69) is 12.2 Å². The van der Waals surface area contributed by atoms with Crippen LogP contribution in [-0.4, -0.2) is 18.7 Å². The molecule has 0 radical (unpaired) electrons. The third-order valence-electron chi connectivity index (χ3n) is 3.58. The second-order valence-electron chi connectivity index (χ2n) is 5.12. The van der Waals surface area contributed by atoms with Crippen LogP contribution in [0.4, 0.5) is 8.78 Å². The molecule has 1 aliphatic carbocycles. The van der Waals surface area contributed by atoms with E-state index in [9.17, 15) is 8.78 Å². The summed E-state index contributed by atoms with van der Waals surface area (Å²) in [5.41, 5.74) is 0.561. The van der Waals surface area contributed by atoms with Crippen molar-refractivity contribution in [2.75, 3.05) is 6.54 Å². The van der Waals surface area contributed by atoms with Crippen LogP contribution in [-0.2, 0) is 11.3 Å². The summed E-state index contributed by atoms with van der Waals surface area (Å²) in [4.78, 5) is 0. The Balaban J connectivity index is 1.77. The van der Waals surface area contributed by atoms with E-state index in [1.54, 1.807) is 0 Å². The number of halogens is 2. The van der Waals surface area contributed by atoms with E-state index >= 15 is 0 Å². The molecular weight excluding hydrogens is 248 g/mol. The lowest BCUT2D eigenvalue weighted by molar-refractivity contribution is 0.0112. The lowest BCUT2D eigenvalue weighted by Crippen LogP contribution is -2.35. The minimum atomic E-state index is -0.547. The van der Waals surface area contributed by atoms with Crippen molar-refractivity contribution < 1.29 is 13.5 Å². The molecule has 0 unspecified atom stereocenters. The minimum absolute atomic E-state index is 0.209. The zero-order valence-electron chi connectivity index (χ0n) is 11.3. The molecule has 1 aliphatic rings. The van der Waals surface area contributed by atoms with Crippen LogP contribution in [0.1, 0.15) is 38.2 Å². The topological polar surface area (TPSA) is 21.3 Å². The molecule has 1 saturated carbocycles. The van der Waals surface area contributed by atoms with Crippen molar-refractivity contribution in [3.8, 4) is 0 Å². The van der Waals surface area contributed by atoms with Crippen molar-refractivity contribution in [3.05, 3.63) is 35.4 Å². The van der Waals surface area contributed by atoms with E-state index in [-0.39, 0.29) is 12.7 Å². The summed E-state index contributed by atoms with van der Waals surface area (Å²) in [5.74, 6) is -1.09. The summed E-state index contributed by atoms with van der Waals surface area (Å²) in [5, 5.41) is 3.44. The Bertz CT molecular complexity index is 383. The van der Waals surface area contributed by atoms with Crippen molar-refractivity contribution in [2.24, 2.45) is 0 Å². The number of nitrogens with one attached hydrogen (secondary N) is 1. The van der Waals surface area contributed by atoms with Gasteiger partial charge in [0, 0.05) is 12.1 Å². The first-order valence-corrected chi connectivity index (χ1v) is 6.97. The number of hydrogen-bond donors (Lipinski definition) is 1. The summed E-state index contributed by atoms with van der Waals surface area (Å²) in [6.07, 6.45) is 4.44. The molecule has 0 saturated heterocycles. The van der Waals surface area contributed by atoms with Crippen molar-refractivity contribution in [1.82, 2.24) is 5.32 Å². The highest BCUT2D eigenvalue weighted by Crippen LogP contribution is 2.22. The molecule has 0 atom stereocenters. The molecule has 1 aromatic rings. The molecule has 0 aliphatic heterocycles. The molecule has 0 spiro atoms. The first-order valence-electron chi connectivity index (χ1n) is 6.97. The van der Waals surface area contributed by atoms with Gasteiger partial charge in [0.1, 0.15) is 11.6 Å². The van der Waals surface area contributed by atoms with Crippen LogP contribution in [0.2, 0.25) is 0 Å². The Morgan fingerprint density at radius 3 is 2.32 bits per heavy atom. The van der Waals surface area contributed by atoms with Crippen LogP contribution >= 0.6 is 0 Å². The van der Waals surface area contributed by atoms with Gasteiger partial charge >= 0.3 is 0 Å². The predicted octanol–water partition coefficient (Wildman–Crippen LogP) is 3.40. The molecule has 0 amide bonds. The standard InChI is InChI=1S/C15H21F2NO/c1-2-18-14-3-5-15(6-4-14)19-10-11-7-12(16)9-13(17)8-11/h7-9,14-15,18H,2-6,10H2,1H3. The van der Waals surface area contributed by atoms with E-state index in [1.807, 2.05) is 0 Å². The van der Waals surface area contributed by atoms with Crippen molar-refractivity contribution in [2.45, 2.75) is 51.4 Å². The molecule has 2 rings (SSSR count). The van der Waals surface area contributed by atoms with Crippen molar-refractivity contribution >= 4 is 0 Å². The Kier molecular flexibility index (Phi) is 5.28. The van der Waals surface area contributed by atoms with E-state index in [4.69, 9.17) is 4.74 Å². The van der Waals surface area contributed by atoms with Gasteiger partial charge in [-0.25, -0.2) is 8.78 Å². The summed E-state index contributed by atoms with van der Waals surface area (Å²) in [7, 11) is 0. The first-order chi connectivity index (χ1) is 9.17. The zero-order valence-corrected chi connectivity index (χ0v) is 11.3. The number of hydrogen-bond acceptors (Lipinski definition) is 2. The lowest BCUT2D eigenvalue weighted by Gasteiger charge is -2.29. The minimum Gasteiger partial charge on any atom is -0.374 e. The number of rotatable bonds is 5. The lowest BCUT2D eigenvalue weighted by atomic mass is 9.93. The fourth-order valence-corrected chi connectivity index (χ4v) is 2.63. The first kappa shape index (κ1) is 14.4. The van der Waals surface area contributed by atoms with E-state index < -0.39 is 11.6 Å². The van der Waals surface area contributed by atoms with Crippen molar-refractivity contribution in [3.63, 3.8) is 0 Å². The molecule has 2 nitrogen and oxygen atoms in total. The highest BCUT2D eigenvalue weighted by molar-refractivity contribution is 5.17. The Morgan fingerprint density at radius 2 is 1.74 bits per heavy atom. The normalized spacial score (nSPS) is 23.5. The van der Waals surface area contributed by atoms with Crippen LogP contribution in [0.15, 0.2) is 18.2 Å². The Hall–Kier alpha value is -1.00. The highest BCUT2D eigenvalue weighted by atomic mass is 19.1. The van der Waals surface area contributed by atoms with Gasteiger partial charge in [-0.3, -0.25) is 0 Å². The maximum Gasteiger partial charge on any atom is 0.126 e. The van der Waals surface area contributed by atoms with Crippen LogP contribution in [0.25, 0.3) is 0 Å². The smallest absolute Gasteiger partial charge is 0.126 e. The van der Waals surface area contributed by atoms with Gasteiger partial charge in [-0.15, -0.1) is 0 Å². The maximum atomic E-state index is 13.0. The van der Waals surface area contributed by atoms with Crippen LogP contribution < -0.4 is 5.32 Å². The highest BCUT2D eigenvalue weighted by Gasteiger charge is 2.20. The molecule has 1 aromatic carbocycles. The molecular formula is C15H21F2NO. The largest absolute Gasteiger partial charge is 0.374 e. The Morgan fingerprint density at radius 1 is 1.11 bits per heavy atom. The molecule has 0 heterocycles. The molecule has 106 valence electrons.